The Bertz CT molecular complexity index is 496. The van der Waals surface area contributed by atoms with Gasteiger partial charge in [-0.25, -0.2) is 4.98 Å². The molecule has 0 spiro atoms. The first-order valence-electron chi connectivity index (χ1n) is 5.23. The molecule has 0 bridgehead atoms. The van der Waals surface area contributed by atoms with Gasteiger partial charge in [-0.15, -0.1) is 11.3 Å². The number of thiazole rings is 1. The summed E-state index contributed by atoms with van der Waals surface area (Å²) in [5, 5.41) is 5.62. The summed E-state index contributed by atoms with van der Waals surface area (Å²) in [6.45, 7) is 0.485. The SMILES string of the molecule is Nc1cccc(CC(=O)NCc2nccs2)c1. The predicted molar refractivity (Wildman–Crippen MR) is 68.5 cm³/mol. The zero-order valence-corrected chi connectivity index (χ0v) is 10.0. The molecule has 2 rings (SSSR count). The van der Waals surface area contributed by atoms with Gasteiger partial charge in [0.1, 0.15) is 5.01 Å². The minimum Gasteiger partial charge on any atom is -0.399 e. The van der Waals surface area contributed by atoms with Crippen molar-refractivity contribution < 1.29 is 4.79 Å². The lowest BCUT2D eigenvalue weighted by Crippen LogP contribution is -2.24. The highest BCUT2D eigenvalue weighted by Crippen LogP contribution is 2.07. The van der Waals surface area contributed by atoms with Crippen molar-refractivity contribution >= 4 is 22.9 Å². The number of aromatic nitrogens is 1. The third-order valence-electron chi connectivity index (χ3n) is 2.24. The number of nitrogens with one attached hydrogen (secondary N) is 1. The highest BCUT2D eigenvalue weighted by atomic mass is 32.1. The number of nitrogens with zero attached hydrogens (tertiary/aromatic N) is 1. The van der Waals surface area contributed by atoms with E-state index in [1.54, 1.807) is 12.3 Å². The molecule has 17 heavy (non-hydrogen) atoms. The molecule has 0 radical (unpaired) electrons. The predicted octanol–water partition coefficient (Wildman–Crippen LogP) is 1.58. The van der Waals surface area contributed by atoms with Crippen LogP contribution in [0.5, 0.6) is 0 Å². The van der Waals surface area contributed by atoms with E-state index in [0.717, 1.165) is 10.6 Å². The van der Waals surface area contributed by atoms with Gasteiger partial charge in [-0.05, 0) is 17.7 Å². The summed E-state index contributed by atoms with van der Waals surface area (Å²) in [4.78, 5) is 15.7. The summed E-state index contributed by atoms with van der Waals surface area (Å²) in [7, 11) is 0. The molecule has 1 amide bonds. The Balaban J connectivity index is 1.85. The number of benzene rings is 1. The summed E-state index contributed by atoms with van der Waals surface area (Å²) in [6, 6.07) is 7.35. The fraction of sp³-hybridized carbons (Fsp3) is 0.167. The quantitative estimate of drug-likeness (QED) is 0.806. The first kappa shape index (κ1) is 11.6. The fourth-order valence-corrected chi connectivity index (χ4v) is 2.02. The molecular weight excluding hydrogens is 234 g/mol. The summed E-state index contributed by atoms with van der Waals surface area (Å²) < 4.78 is 0. The molecule has 0 atom stereocenters. The smallest absolute Gasteiger partial charge is 0.224 e. The summed E-state index contributed by atoms with van der Waals surface area (Å²) in [5.74, 6) is -0.0224. The Morgan fingerprint density at radius 2 is 2.35 bits per heavy atom. The zero-order valence-electron chi connectivity index (χ0n) is 9.22. The molecule has 1 aromatic carbocycles. The molecule has 4 nitrogen and oxygen atoms in total. The van der Waals surface area contributed by atoms with Gasteiger partial charge in [0.25, 0.3) is 0 Å². The molecule has 0 aliphatic rings. The maximum atomic E-state index is 11.6. The molecule has 0 aliphatic carbocycles. The van der Waals surface area contributed by atoms with Crippen molar-refractivity contribution in [2.24, 2.45) is 0 Å². The molecule has 0 fully saturated rings. The monoisotopic (exact) mass is 247 g/mol. The molecule has 1 aromatic heterocycles. The Kier molecular flexibility index (Phi) is 3.72. The van der Waals surface area contributed by atoms with Crippen LogP contribution in [0.25, 0.3) is 0 Å². The van der Waals surface area contributed by atoms with Crippen LogP contribution in [0, 0.1) is 0 Å². The number of hydrogen-bond donors (Lipinski definition) is 2. The van der Waals surface area contributed by atoms with Crippen molar-refractivity contribution in [3.63, 3.8) is 0 Å². The van der Waals surface area contributed by atoms with Gasteiger partial charge < -0.3 is 11.1 Å². The summed E-state index contributed by atoms with van der Waals surface area (Å²) in [6.07, 6.45) is 2.07. The molecule has 88 valence electrons. The molecule has 5 heteroatoms. The molecule has 2 aromatic rings. The van der Waals surface area contributed by atoms with Crippen molar-refractivity contribution in [1.82, 2.24) is 10.3 Å². The maximum Gasteiger partial charge on any atom is 0.224 e. The van der Waals surface area contributed by atoms with E-state index in [2.05, 4.69) is 10.3 Å². The summed E-state index contributed by atoms with van der Waals surface area (Å²) in [5.41, 5.74) is 7.24. The number of nitrogens with two attached hydrogens (primary N) is 1. The van der Waals surface area contributed by atoms with Gasteiger partial charge in [0.2, 0.25) is 5.91 Å². The maximum absolute atomic E-state index is 11.6. The number of nitrogen functional groups attached to an aromatic ring is 1. The van der Waals surface area contributed by atoms with Crippen LogP contribution in [0.4, 0.5) is 5.69 Å². The van der Waals surface area contributed by atoms with Crippen LogP contribution in [0.1, 0.15) is 10.6 Å². The Morgan fingerprint density at radius 3 is 3.06 bits per heavy atom. The van der Waals surface area contributed by atoms with Crippen molar-refractivity contribution in [3.05, 3.63) is 46.4 Å². The summed E-state index contributed by atoms with van der Waals surface area (Å²) >= 11 is 1.53. The molecule has 3 N–H and O–H groups in total. The number of amides is 1. The molecule has 0 saturated carbocycles. The lowest BCUT2D eigenvalue weighted by Gasteiger charge is -2.04. The Hall–Kier alpha value is -1.88. The highest BCUT2D eigenvalue weighted by molar-refractivity contribution is 7.09. The average molecular weight is 247 g/mol. The minimum absolute atomic E-state index is 0.0224. The van der Waals surface area contributed by atoms with Crippen molar-refractivity contribution in [3.8, 4) is 0 Å². The van der Waals surface area contributed by atoms with E-state index in [9.17, 15) is 4.79 Å². The van der Waals surface area contributed by atoms with Crippen LogP contribution in [-0.4, -0.2) is 10.9 Å². The van der Waals surface area contributed by atoms with Gasteiger partial charge in [-0.2, -0.15) is 0 Å². The van der Waals surface area contributed by atoms with Gasteiger partial charge in [0.05, 0.1) is 13.0 Å². The lowest BCUT2D eigenvalue weighted by atomic mass is 10.1. The van der Waals surface area contributed by atoms with Gasteiger partial charge in [-0.3, -0.25) is 4.79 Å². The first-order chi connectivity index (χ1) is 8.24. The lowest BCUT2D eigenvalue weighted by molar-refractivity contribution is -0.120. The Labute approximate surface area is 103 Å². The van der Waals surface area contributed by atoms with Crippen molar-refractivity contribution in [1.29, 1.82) is 0 Å². The van der Waals surface area contributed by atoms with Crippen LogP contribution in [0.3, 0.4) is 0 Å². The number of rotatable bonds is 4. The second kappa shape index (κ2) is 5.45. The number of anilines is 1. The van der Waals surface area contributed by atoms with Crippen molar-refractivity contribution in [2.75, 3.05) is 5.73 Å². The molecular formula is C12H13N3OS. The second-order valence-corrected chi connectivity index (χ2v) is 4.60. The second-order valence-electron chi connectivity index (χ2n) is 3.62. The normalized spacial score (nSPS) is 10.1. The topological polar surface area (TPSA) is 68.0 Å². The van der Waals surface area contributed by atoms with E-state index >= 15 is 0 Å². The van der Waals surface area contributed by atoms with E-state index in [0.29, 0.717) is 18.7 Å². The minimum atomic E-state index is -0.0224. The molecule has 0 aliphatic heterocycles. The number of carbonyl (C=O) groups is 1. The molecule has 0 unspecified atom stereocenters. The first-order valence-corrected chi connectivity index (χ1v) is 6.11. The number of carbonyl (C=O) groups excluding carboxylic acids is 1. The Morgan fingerprint density at radius 1 is 1.47 bits per heavy atom. The van der Waals surface area contributed by atoms with Crippen molar-refractivity contribution in [2.45, 2.75) is 13.0 Å². The molecule has 0 saturated heterocycles. The standard InChI is InChI=1S/C12H13N3OS/c13-10-3-1-2-9(6-10)7-11(16)15-8-12-14-4-5-17-12/h1-6H,7-8,13H2,(H,15,16). The third kappa shape index (κ3) is 3.57. The zero-order chi connectivity index (χ0) is 12.1. The van der Waals surface area contributed by atoms with Gasteiger partial charge in [0.15, 0.2) is 0 Å². The van der Waals surface area contributed by atoms with Gasteiger partial charge >= 0.3 is 0 Å². The van der Waals surface area contributed by atoms with E-state index in [4.69, 9.17) is 5.73 Å². The highest BCUT2D eigenvalue weighted by Gasteiger charge is 2.04. The molecule has 1 heterocycles. The van der Waals surface area contributed by atoms with E-state index in [1.165, 1.54) is 11.3 Å². The van der Waals surface area contributed by atoms with E-state index in [1.807, 2.05) is 23.6 Å². The number of hydrogen-bond acceptors (Lipinski definition) is 4. The average Bonchev–Trinajstić information content (AvgIpc) is 2.79. The van der Waals surface area contributed by atoms with Gasteiger partial charge in [0, 0.05) is 17.3 Å². The van der Waals surface area contributed by atoms with Gasteiger partial charge in [-0.1, -0.05) is 12.1 Å². The largest absolute Gasteiger partial charge is 0.399 e. The van der Waals surface area contributed by atoms with Crippen LogP contribution in [0.15, 0.2) is 35.8 Å². The van der Waals surface area contributed by atoms with Crippen LogP contribution < -0.4 is 11.1 Å². The van der Waals surface area contributed by atoms with E-state index < -0.39 is 0 Å². The van der Waals surface area contributed by atoms with Crippen LogP contribution in [0.2, 0.25) is 0 Å². The van der Waals surface area contributed by atoms with E-state index in [-0.39, 0.29) is 5.91 Å². The fourth-order valence-electron chi connectivity index (χ4n) is 1.47. The van der Waals surface area contributed by atoms with Crippen LogP contribution in [-0.2, 0) is 17.8 Å². The van der Waals surface area contributed by atoms with Crippen LogP contribution >= 0.6 is 11.3 Å². The third-order valence-corrected chi connectivity index (χ3v) is 3.02.